The summed E-state index contributed by atoms with van der Waals surface area (Å²) in [6, 6.07) is 7.16. The average molecular weight is 298 g/mol. The number of nitrogens with zero attached hydrogens (tertiary/aromatic N) is 1. The Morgan fingerprint density at radius 2 is 1.77 bits per heavy atom. The van der Waals surface area contributed by atoms with Crippen molar-refractivity contribution in [3.63, 3.8) is 0 Å². The highest BCUT2D eigenvalue weighted by molar-refractivity contribution is 6.00. The van der Waals surface area contributed by atoms with Crippen LogP contribution in [0.15, 0.2) is 35.9 Å². The van der Waals surface area contributed by atoms with E-state index in [-0.39, 0.29) is 11.8 Å². The number of likely N-dealkylation sites (tertiary alicyclic amines) is 1. The molecule has 1 heterocycles. The molecule has 0 bridgehead atoms. The number of nitrogens with one attached hydrogen (secondary N) is 1. The number of benzene rings is 1. The Balaban J connectivity index is 1.60. The van der Waals surface area contributed by atoms with Crippen LogP contribution in [0, 0.1) is 5.92 Å². The number of carbonyl (C=O) groups excluding carboxylic acids is 2. The molecule has 1 saturated carbocycles. The van der Waals surface area contributed by atoms with Crippen LogP contribution in [-0.2, 0) is 4.79 Å². The van der Waals surface area contributed by atoms with Crippen molar-refractivity contribution in [3.05, 3.63) is 41.5 Å². The van der Waals surface area contributed by atoms with E-state index >= 15 is 0 Å². The first-order valence-electron chi connectivity index (χ1n) is 8.02. The molecule has 2 fully saturated rings. The van der Waals surface area contributed by atoms with E-state index in [2.05, 4.69) is 5.32 Å². The molecule has 1 aliphatic carbocycles. The van der Waals surface area contributed by atoms with E-state index in [9.17, 15) is 9.59 Å². The molecule has 116 valence electrons. The summed E-state index contributed by atoms with van der Waals surface area (Å²) in [4.78, 5) is 26.0. The fraction of sp³-hybridized carbons (Fsp3) is 0.444. The molecule has 0 atom stereocenters. The molecule has 1 aromatic carbocycles. The van der Waals surface area contributed by atoms with Gasteiger partial charge in [0.05, 0.1) is 0 Å². The van der Waals surface area contributed by atoms with E-state index in [1.807, 2.05) is 11.8 Å². The SMILES string of the molecule is C/C(=C/C(=O)Nc1ccc(C(=O)N2CCCC2)cc1)C1CC1. The van der Waals surface area contributed by atoms with Crippen molar-refractivity contribution in [3.8, 4) is 0 Å². The van der Waals surface area contributed by atoms with Crippen LogP contribution in [0.5, 0.6) is 0 Å². The number of carbonyl (C=O) groups is 2. The first-order valence-corrected chi connectivity index (χ1v) is 8.02. The van der Waals surface area contributed by atoms with E-state index in [1.54, 1.807) is 30.3 Å². The van der Waals surface area contributed by atoms with Gasteiger partial charge in [0, 0.05) is 30.4 Å². The van der Waals surface area contributed by atoms with Gasteiger partial charge in [0.1, 0.15) is 0 Å². The molecular weight excluding hydrogens is 276 g/mol. The van der Waals surface area contributed by atoms with E-state index < -0.39 is 0 Å². The van der Waals surface area contributed by atoms with Gasteiger partial charge in [0.25, 0.3) is 5.91 Å². The first-order chi connectivity index (χ1) is 10.6. The predicted octanol–water partition coefficient (Wildman–Crippen LogP) is 3.22. The molecule has 1 aliphatic heterocycles. The Kier molecular flexibility index (Phi) is 4.27. The lowest BCUT2D eigenvalue weighted by atomic mass is 10.1. The highest BCUT2D eigenvalue weighted by atomic mass is 16.2. The second-order valence-electron chi connectivity index (χ2n) is 6.23. The minimum absolute atomic E-state index is 0.0832. The number of anilines is 1. The third-order valence-electron chi connectivity index (χ3n) is 4.37. The largest absolute Gasteiger partial charge is 0.339 e. The van der Waals surface area contributed by atoms with Gasteiger partial charge < -0.3 is 10.2 Å². The standard InChI is InChI=1S/C18H22N2O2/c1-13(14-4-5-14)12-17(21)19-16-8-6-15(7-9-16)18(22)20-10-2-3-11-20/h6-9,12,14H,2-5,10-11H2,1H3,(H,19,21)/b13-12-. The summed E-state index contributed by atoms with van der Waals surface area (Å²) < 4.78 is 0. The zero-order valence-electron chi connectivity index (χ0n) is 13.0. The van der Waals surface area contributed by atoms with Crippen molar-refractivity contribution in [1.82, 2.24) is 4.90 Å². The van der Waals surface area contributed by atoms with Gasteiger partial charge in [-0.05, 0) is 62.8 Å². The van der Waals surface area contributed by atoms with Gasteiger partial charge in [-0.1, -0.05) is 5.57 Å². The summed E-state index contributed by atoms with van der Waals surface area (Å²) in [5.74, 6) is 0.592. The van der Waals surface area contributed by atoms with E-state index in [1.165, 1.54) is 12.8 Å². The lowest BCUT2D eigenvalue weighted by Crippen LogP contribution is -2.27. The number of amides is 2. The van der Waals surface area contributed by atoms with E-state index in [0.717, 1.165) is 37.2 Å². The van der Waals surface area contributed by atoms with Crippen LogP contribution in [0.1, 0.15) is 43.0 Å². The summed E-state index contributed by atoms with van der Waals surface area (Å²) in [5.41, 5.74) is 2.56. The molecule has 0 aromatic heterocycles. The van der Waals surface area contributed by atoms with Crippen LogP contribution in [0.3, 0.4) is 0 Å². The smallest absolute Gasteiger partial charge is 0.253 e. The monoisotopic (exact) mass is 298 g/mol. The molecule has 1 saturated heterocycles. The average Bonchev–Trinajstić information content (AvgIpc) is 3.22. The minimum atomic E-state index is -0.0944. The topological polar surface area (TPSA) is 49.4 Å². The molecule has 2 aliphatic rings. The Bertz CT molecular complexity index is 594. The summed E-state index contributed by atoms with van der Waals surface area (Å²) in [5, 5.41) is 2.85. The normalized spacial score (nSPS) is 18.4. The van der Waals surface area contributed by atoms with Crippen molar-refractivity contribution in [1.29, 1.82) is 0 Å². The summed E-state index contributed by atoms with van der Waals surface area (Å²) in [6.07, 6.45) is 6.26. The number of hydrogen-bond acceptors (Lipinski definition) is 2. The second kappa shape index (κ2) is 6.34. The molecule has 0 radical (unpaired) electrons. The number of allylic oxidation sites excluding steroid dienone is 1. The van der Waals surface area contributed by atoms with Gasteiger partial charge in [-0.25, -0.2) is 0 Å². The van der Waals surface area contributed by atoms with Crippen LogP contribution in [0.2, 0.25) is 0 Å². The highest BCUT2D eigenvalue weighted by Crippen LogP contribution is 2.35. The quantitative estimate of drug-likeness (QED) is 0.868. The van der Waals surface area contributed by atoms with Gasteiger partial charge in [-0.15, -0.1) is 0 Å². The molecule has 3 rings (SSSR count). The fourth-order valence-electron chi connectivity index (χ4n) is 2.84. The number of rotatable bonds is 4. The van der Waals surface area contributed by atoms with Crippen molar-refractivity contribution in [2.24, 2.45) is 5.92 Å². The van der Waals surface area contributed by atoms with Gasteiger partial charge >= 0.3 is 0 Å². The van der Waals surface area contributed by atoms with E-state index in [0.29, 0.717) is 11.5 Å². The Morgan fingerprint density at radius 3 is 2.36 bits per heavy atom. The summed E-state index contributed by atoms with van der Waals surface area (Å²) in [6.45, 7) is 3.71. The molecule has 22 heavy (non-hydrogen) atoms. The first kappa shape index (κ1) is 14.8. The van der Waals surface area contributed by atoms with Crippen molar-refractivity contribution in [2.75, 3.05) is 18.4 Å². The molecule has 4 heteroatoms. The van der Waals surface area contributed by atoms with Crippen LogP contribution in [-0.4, -0.2) is 29.8 Å². The molecule has 2 amide bonds. The molecule has 0 unspecified atom stereocenters. The zero-order chi connectivity index (χ0) is 15.5. The van der Waals surface area contributed by atoms with Crippen LogP contribution < -0.4 is 5.32 Å². The molecular formula is C18H22N2O2. The lowest BCUT2D eigenvalue weighted by Gasteiger charge is -2.15. The maximum atomic E-state index is 12.2. The molecule has 1 aromatic rings. The second-order valence-corrected chi connectivity index (χ2v) is 6.23. The molecule has 0 spiro atoms. The van der Waals surface area contributed by atoms with Crippen molar-refractivity contribution >= 4 is 17.5 Å². The minimum Gasteiger partial charge on any atom is -0.339 e. The fourth-order valence-corrected chi connectivity index (χ4v) is 2.84. The lowest BCUT2D eigenvalue weighted by molar-refractivity contribution is -0.112. The van der Waals surface area contributed by atoms with Gasteiger partial charge in [-0.2, -0.15) is 0 Å². The maximum absolute atomic E-state index is 12.2. The maximum Gasteiger partial charge on any atom is 0.253 e. The summed E-state index contributed by atoms with van der Waals surface area (Å²) >= 11 is 0. The molecule has 4 nitrogen and oxygen atoms in total. The van der Waals surface area contributed by atoms with E-state index in [4.69, 9.17) is 0 Å². The number of hydrogen-bond donors (Lipinski definition) is 1. The van der Waals surface area contributed by atoms with Crippen LogP contribution in [0.4, 0.5) is 5.69 Å². The Hall–Kier alpha value is -2.10. The van der Waals surface area contributed by atoms with Crippen molar-refractivity contribution in [2.45, 2.75) is 32.6 Å². The third kappa shape index (κ3) is 3.56. The highest BCUT2D eigenvalue weighted by Gasteiger charge is 2.23. The Labute approximate surface area is 131 Å². The van der Waals surface area contributed by atoms with Gasteiger partial charge in [0.2, 0.25) is 5.91 Å². The van der Waals surface area contributed by atoms with Crippen molar-refractivity contribution < 1.29 is 9.59 Å². The van der Waals surface area contributed by atoms with Gasteiger partial charge in [0.15, 0.2) is 0 Å². The van der Waals surface area contributed by atoms with Gasteiger partial charge in [-0.3, -0.25) is 9.59 Å². The molecule has 1 N–H and O–H groups in total. The zero-order valence-corrected chi connectivity index (χ0v) is 13.0. The van der Waals surface area contributed by atoms with Crippen LogP contribution in [0.25, 0.3) is 0 Å². The summed E-state index contributed by atoms with van der Waals surface area (Å²) in [7, 11) is 0. The third-order valence-corrected chi connectivity index (χ3v) is 4.37. The Morgan fingerprint density at radius 1 is 1.14 bits per heavy atom. The predicted molar refractivity (Wildman–Crippen MR) is 86.7 cm³/mol. The van der Waals surface area contributed by atoms with Crippen LogP contribution >= 0.6 is 0 Å².